The number of carboxylic acid groups (broad SMARTS) is 1. The smallest absolute Gasteiger partial charge is 0.355 e. The number of benzene rings is 2. The Balaban J connectivity index is 1.75. The van der Waals surface area contributed by atoms with E-state index in [1.165, 1.54) is 29.6 Å². The molecule has 2 N–H and O–H groups in total. The number of nitrogens with one attached hydrogen (secondary N) is 1. The fourth-order valence-electron chi connectivity index (χ4n) is 3.89. The van der Waals surface area contributed by atoms with Gasteiger partial charge in [-0.3, -0.25) is 10.1 Å². The van der Waals surface area contributed by atoms with E-state index in [2.05, 4.69) is 10.3 Å². The van der Waals surface area contributed by atoms with Crippen molar-refractivity contribution < 1.29 is 36.6 Å². The van der Waals surface area contributed by atoms with E-state index in [4.69, 9.17) is 9.84 Å². The predicted octanol–water partition coefficient (Wildman–Crippen LogP) is 4.59. The van der Waals surface area contributed by atoms with E-state index in [9.17, 15) is 26.8 Å². The first-order valence-corrected chi connectivity index (χ1v) is 13.0. The Bertz CT molecular complexity index is 1370. The summed E-state index contributed by atoms with van der Waals surface area (Å²) in [7, 11) is -3.84. The number of hydrogen-bond acceptors (Lipinski definition) is 7. The summed E-state index contributed by atoms with van der Waals surface area (Å²) in [4.78, 5) is 28.0. The molecule has 1 heterocycles. The van der Waals surface area contributed by atoms with Gasteiger partial charge in [0.1, 0.15) is 5.82 Å². The molecule has 1 unspecified atom stereocenters. The first-order valence-electron chi connectivity index (χ1n) is 10.6. The molecular formula is C23H20F2N2O6S2. The van der Waals surface area contributed by atoms with Gasteiger partial charge in [-0.15, -0.1) is 11.3 Å². The number of sulfone groups is 1. The van der Waals surface area contributed by atoms with E-state index in [-0.39, 0.29) is 21.3 Å². The fraction of sp³-hybridized carbons (Fsp3) is 0.261. The van der Waals surface area contributed by atoms with Crippen LogP contribution in [0.15, 0.2) is 52.7 Å². The van der Waals surface area contributed by atoms with Gasteiger partial charge < -0.3 is 9.84 Å². The molecular weight excluding hydrogens is 502 g/mol. The van der Waals surface area contributed by atoms with E-state index in [1.54, 1.807) is 0 Å². The minimum Gasteiger partial charge on any atom is -0.476 e. The van der Waals surface area contributed by atoms with Gasteiger partial charge in [0.25, 0.3) is 5.91 Å². The number of aromatic nitrogens is 1. The number of ether oxygens (including phenoxy) is 1. The third-order valence-electron chi connectivity index (χ3n) is 5.58. The first-order chi connectivity index (χ1) is 16.7. The summed E-state index contributed by atoms with van der Waals surface area (Å²) in [5.74, 6) is -4.61. The molecule has 0 aliphatic heterocycles. The number of thiazole rings is 1. The van der Waals surface area contributed by atoms with Crippen LogP contribution in [0.3, 0.4) is 0 Å². The Hall–Kier alpha value is -3.38. The lowest BCUT2D eigenvalue weighted by Gasteiger charge is -2.22. The highest BCUT2D eigenvalue weighted by molar-refractivity contribution is 7.92. The SMILES string of the molecule is O=C(O)c1csc(NC(=O)C(Oc2ccc(F)cc2F)c2ccccc2S(=O)(=O)C2CCCC2)n1. The van der Waals surface area contributed by atoms with Crippen molar-refractivity contribution in [2.45, 2.75) is 41.9 Å². The van der Waals surface area contributed by atoms with Gasteiger partial charge in [-0.1, -0.05) is 31.0 Å². The summed E-state index contributed by atoms with van der Waals surface area (Å²) in [6, 6.07) is 8.28. The third-order valence-corrected chi connectivity index (χ3v) is 8.67. The zero-order valence-electron chi connectivity index (χ0n) is 18.1. The van der Waals surface area contributed by atoms with Crippen molar-refractivity contribution in [3.63, 3.8) is 0 Å². The zero-order chi connectivity index (χ0) is 25.2. The summed E-state index contributed by atoms with van der Waals surface area (Å²) in [6.45, 7) is 0. The molecule has 1 aromatic heterocycles. The number of halogens is 2. The number of anilines is 1. The van der Waals surface area contributed by atoms with Crippen molar-refractivity contribution in [3.8, 4) is 5.75 Å². The van der Waals surface area contributed by atoms with Gasteiger partial charge in [0.15, 0.2) is 32.2 Å². The number of hydrogen-bond donors (Lipinski definition) is 2. The Kier molecular flexibility index (Phi) is 7.13. The van der Waals surface area contributed by atoms with E-state index in [0.29, 0.717) is 18.9 Å². The van der Waals surface area contributed by atoms with Crippen molar-refractivity contribution in [3.05, 3.63) is 70.7 Å². The van der Waals surface area contributed by atoms with Gasteiger partial charge in [-0.2, -0.15) is 0 Å². The van der Waals surface area contributed by atoms with Crippen LogP contribution < -0.4 is 10.1 Å². The molecule has 1 saturated carbocycles. The average molecular weight is 523 g/mol. The van der Waals surface area contributed by atoms with Gasteiger partial charge in [-0.25, -0.2) is 27.0 Å². The molecule has 12 heteroatoms. The van der Waals surface area contributed by atoms with Crippen molar-refractivity contribution >= 4 is 38.2 Å². The molecule has 184 valence electrons. The van der Waals surface area contributed by atoms with Gasteiger partial charge in [0.05, 0.1) is 10.1 Å². The van der Waals surface area contributed by atoms with Crippen molar-refractivity contribution in [1.29, 1.82) is 0 Å². The molecule has 2 aromatic carbocycles. The summed E-state index contributed by atoms with van der Waals surface area (Å²) in [5.41, 5.74) is -0.327. The van der Waals surface area contributed by atoms with E-state index < -0.39 is 50.5 Å². The molecule has 1 amide bonds. The van der Waals surface area contributed by atoms with Crippen molar-refractivity contribution in [1.82, 2.24) is 4.98 Å². The zero-order valence-corrected chi connectivity index (χ0v) is 19.7. The van der Waals surface area contributed by atoms with Crippen LogP contribution in [0.1, 0.15) is 47.8 Å². The molecule has 1 fully saturated rings. The normalized spacial score (nSPS) is 15.0. The van der Waals surface area contributed by atoms with E-state index in [1.807, 2.05) is 0 Å². The lowest BCUT2D eigenvalue weighted by Crippen LogP contribution is -2.29. The lowest BCUT2D eigenvalue weighted by molar-refractivity contribution is -0.123. The first kappa shape index (κ1) is 24.7. The summed E-state index contributed by atoms with van der Waals surface area (Å²) < 4.78 is 60.2. The summed E-state index contributed by atoms with van der Waals surface area (Å²) in [6.07, 6.45) is 0.835. The molecule has 3 aromatic rings. The minimum absolute atomic E-state index is 0.0318. The maximum absolute atomic E-state index is 14.4. The van der Waals surface area contributed by atoms with Crippen LogP contribution in [0.4, 0.5) is 13.9 Å². The van der Waals surface area contributed by atoms with Crippen LogP contribution in [0, 0.1) is 11.6 Å². The number of carboxylic acids is 1. The third kappa shape index (κ3) is 5.33. The van der Waals surface area contributed by atoms with E-state index >= 15 is 0 Å². The number of aromatic carboxylic acids is 1. The van der Waals surface area contributed by atoms with Gasteiger partial charge in [0, 0.05) is 17.0 Å². The van der Waals surface area contributed by atoms with E-state index in [0.717, 1.165) is 36.3 Å². The molecule has 35 heavy (non-hydrogen) atoms. The highest BCUT2D eigenvalue weighted by Crippen LogP contribution is 2.35. The summed E-state index contributed by atoms with van der Waals surface area (Å²) in [5, 5.41) is 12.0. The Morgan fingerprint density at radius 1 is 1.14 bits per heavy atom. The van der Waals surface area contributed by atoms with Crippen molar-refractivity contribution in [2.75, 3.05) is 5.32 Å². The molecule has 8 nitrogen and oxygen atoms in total. The number of rotatable bonds is 8. The second-order valence-electron chi connectivity index (χ2n) is 7.89. The summed E-state index contributed by atoms with van der Waals surface area (Å²) >= 11 is 0.839. The van der Waals surface area contributed by atoms with Gasteiger partial charge >= 0.3 is 5.97 Å². The highest BCUT2D eigenvalue weighted by atomic mass is 32.2. The number of carbonyl (C=O) groups excluding carboxylic acids is 1. The van der Waals surface area contributed by atoms with Crippen LogP contribution in [-0.4, -0.2) is 35.6 Å². The molecule has 0 spiro atoms. The molecule has 1 aliphatic rings. The van der Waals surface area contributed by atoms with Crippen LogP contribution >= 0.6 is 11.3 Å². The molecule has 0 bridgehead atoms. The van der Waals surface area contributed by atoms with Crippen LogP contribution in [-0.2, 0) is 14.6 Å². The van der Waals surface area contributed by atoms with Gasteiger partial charge in [0.2, 0.25) is 6.10 Å². The lowest BCUT2D eigenvalue weighted by atomic mass is 10.1. The highest BCUT2D eigenvalue weighted by Gasteiger charge is 2.36. The maximum atomic E-state index is 14.4. The van der Waals surface area contributed by atoms with Gasteiger partial charge in [-0.05, 0) is 31.0 Å². The molecule has 1 atom stereocenters. The number of amides is 1. The quantitative estimate of drug-likeness (QED) is 0.443. The molecule has 1 aliphatic carbocycles. The predicted molar refractivity (Wildman–Crippen MR) is 123 cm³/mol. The monoisotopic (exact) mass is 522 g/mol. The Morgan fingerprint density at radius 2 is 1.86 bits per heavy atom. The van der Waals surface area contributed by atoms with Crippen LogP contribution in [0.25, 0.3) is 0 Å². The number of nitrogens with zero attached hydrogens (tertiary/aromatic N) is 1. The maximum Gasteiger partial charge on any atom is 0.355 e. The Morgan fingerprint density at radius 3 is 2.51 bits per heavy atom. The fourth-order valence-corrected chi connectivity index (χ4v) is 6.66. The minimum atomic E-state index is -3.84. The molecule has 0 radical (unpaired) electrons. The van der Waals surface area contributed by atoms with Crippen LogP contribution in [0.2, 0.25) is 0 Å². The second-order valence-corrected chi connectivity index (χ2v) is 10.9. The molecule has 0 saturated heterocycles. The topological polar surface area (TPSA) is 123 Å². The Labute approximate surface area is 203 Å². The largest absolute Gasteiger partial charge is 0.476 e. The average Bonchev–Trinajstić information content (AvgIpc) is 3.51. The molecule has 4 rings (SSSR count). The standard InChI is InChI=1S/C23H20F2N2O6S2/c24-13-9-10-18(16(25)11-13)33-20(21(28)27-23-26-17(12-34-23)22(29)30)15-7-3-4-8-19(15)35(31,32)14-5-1-2-6-14/h3-4,7-12,14,20H,1-2,5-6H2,(H,29,30)(H,26,27,28). The van der Waals surface area contributed by atoms with Crippen LogP contribution in [0.5, 0.6) is 5.75 Å². The second kappa shape index (κ2) is 10.1. The number of carbonyl (C=O) groups is 2. The van der Waals surface area contributed by atoms with Crippen molar-refractivity contribution in [2.24, 2.45) is 0 Å².